The number of hydrogen-bond donors (Lipinski definition) is 1. The maximum Gasteiger partial charge on any atom is 0.325 e. The number of hydrogen-bond acceptors (Lipinski definition) is 5. The Balaban J connectivity index is 1.66. The molecule has 0 amide bonds. The summed E-state index contributed by atoms with van der Waals surface area (Å²) >= 11 is 0. The molecule has 1 N–H and O–H groups in total. The van der Waals surface area contributed by atoms with Crippen molar-refractivity contribution in [2.45, 2.75) is 50.6 Å². The summed E-state index contributed by atoms with van der Waals surface area (Å²) < 4.78 is 4.88. The van der Waals surface area contributed by atoms with Gasteiger partial charge in [0.05, 0.1) is 7.11 Å². The van der Waals surface area contributed by atoms with Gasteiger partial charge >= 0.3 is 5.97 Å². The molecule has 0 aliphatic carbocycles. The van der Waals surface area contributed by atoms with Gasteiger partial charge in [-0.3, -0.25) is 9.69 Å². The number of carbonyl (C=O) groups excluding carboxylic acids is 1. The molecule has 0 radical (unpaired) electrons. The van der Waals surface area contributed by atoms with E-state index < -0.39 is 5.54 Å². The average Bonchev–Trinajstić information content (AvgIpc) is 2.98. The number of piperazine rings is 1. The van der Waals surface area contributed by atoms with Crippen LogP contribution in [0.4, 0.5) is 0 Å². The Kier molecular flexibility index (Phi) is 6.02. The van der Waals surface area contributed by atoms with Crippen LogP contribution in [0.15, 0.2) is 0 Å². The standard InChI is InChI=1S/C16H31N3O2/c1-16(17-2,15(20)21-3)8-4-5-9-18-11-12-19-10-6-7-14(19)13-18/h14,17H,4-13H2,1-3H3. The predicted molar refractivity (Wildman–Crippen MR) is 84.4 cm³/mol. The van der Waals surface area contributed by atoms with Crippen molar-refractivity contribution in [1.82, 2.24) is 15.1 Å². The molecule has 0 saturated carbocycles. The van der Waals surface area contributed by atoms with Crippen molar-refractivity contribution in [3.63, 3.8) is 0 Å². The van der Waals surface area contributed by atoms with Crippen molar-refractivity contribution in [1.29, 1.82) is 0 Å². The quantitative estimate of drug-likeness (QED) is 0.563. The molecule has 5 nitrogen and oxygen atoms in total. The summed E-state index contributed by atoms with van der Waals surface area (Å²) in [6, 6.07) is 0.802. The summed E-state index contributed by atoms with van der Waals surface area (Å²) in [5.41, 5.74) is -0.543. The summed E-state index contributed by atoms with van der Waals surface area (Å²) in [4.78, 5) is 17.0. The summed E-state index contributed by atoms with van der Waals surface area (Å²) in [6.45, 7) is 8.07. The molecule has 21 heavy (non-hydrogen) atoms. The Morgan fingerprint density at radius 1 is 1.33 bits per heavy atom. The molecule has 5 heteroatoms. The third-order valence-corrected chi connectivity index (χ3v) is 5.26. The van der Waals surface area contributed by atoms with Gasteiger partial charge in [0.15, 0.2) is 0 Å². The van der Waals surface area contributed by atoms with E-state index in [2.05, 4.69) is 15.1 Å². The average molecular weight is 297 g/mol. The Bertz CT molecular complexity index is 350. The minimum atomic E-state index is -0.543. The first-order valence-electron chi connectivity index (χ1n) is 8.33. The molecule has 0 spiro atoms. The number of likely N-dealkylation sites (N-methyl/N-ethyl adjacent to an activating group) is 1. The second-order valence-electron chi connectivity index (χ2n) is 6.66. The summed E-state index contributed by atoms with van der Waals surface area (Å²) in [5, 5.41) is 3.10. The molecule has 122 valence electrons. The van der Waals surface area contributed by atoms with E-state index in [1.54, 1.807) is 0 Å². The Labute approximate surface area is 129 Å². The lowest BCUT2D eigenvalue weighted by Crippen LogP contribution is -2.50. The van der Waals surface area contributed by atoms with Gasteiger partial charge in [-0.15, -0.1) is 0 Å². The van der Waals surface area contributed by atoms with Gasteiger partial charge in [0.2, 0.25) is 0 Å². The van der Waals surface area contributed by atoms with E-state index in [1.165, 1.54) is 46.1 Å². The summed E-state index contributed by atoms with van der Waals surface area (Å²) in [5.74, 6) is -0.162. The number of unbranched alkanes of at least 4 members (excludes halogenated alkanes) is 1. The number of nitrogens with zero attached hydrogens (tertiary/aromatic N) is 2. The van der Waals surface area contributed by atoms with Gasteiger partial charge in [0.25, 0.3) is 0 Å². The zero-order valence-electron chi connectivity index (χ0n) is 13.9. The van der Waals surface area contributed by atoms with Crippen molar-refractivity contribution in [3.05, 3.63) is 0 Å². The first-order valence-corrected chi connectivity index (χ1v) is 8.33. The number of rotatable bonds is 7. The topological polar surface area (TPSA) is 44.8 Å². The third-order valence-electron chi connectivity index (χ3n) is 5.26. The fourth-order valence-electron chi connectivity index (χ4n) is 3.63. The minimum absolute atomic E-state index is 0.162. The van der Waals surface area contributed by atoms with E-state index in [0.717, 1.165) is 31.8 Å². The minimum Gasteiger partial charge on any atom is -0.468 e. The van der Waals surface area contributed by atoms with Gasteiger partial charge in [-0.25, -0.2) is 0 Å². The highest BCUT2D eigenvalue weighted by Crippen LogP contribution is 2.22. The Hall–Kier alpha value is -0.650. The van der Waals surface area contributed by atoms with E-state index in [0.29, 0.717) is 0 Å². The van der Waals surface area contributed by atoms with Crippen molar-refractivity contribution in [2.24, 2.45) is 0 Å². The van der Waals surface area contributed by atoms with Crippen molar-refractivity contribution < 1.29 is 9.53 Å². The number of fused-ring (bicyclic) bond motifs is 1. The normalized spacial score (nSPS) is 26.3. The largest absolute Gasteiger partial charge is 0.468 e. The fourth-order valence-corrected chi connectivity index (χ4v) is 3.63. The molecule has 2 aliphatic heterocycles. The number of methoxy groups -OCH3 is 1. The van der Waals surface area contributed by atoms with Crippen LogP contribution in [0.3, 0.4) is 0 Å². The molecule has 0 bridgehead atoms. The van der Waals surface area contributed by atoms with E-state index in [4.69, 9.17) is 4.74 Å². The van der Waals surface area contributed by atoms with Crippen LogP contribution >= 0.6 is 0 Å². The highest BCUT2D eigenvalue weighted by molar-refractivity contribution is 5.80. The van der Waals surface area contributed by atoms with Crippen LogP contribution in [0.1, 0.15) is 39.0 Å². The molecule has 0 aromatic carbocycles. The van der Waals surface area contributed by atoms with Crippen LogP contribution in [0, 0.1) is 0 Å². The fraction of sp³-hybridized carbons (Fsp3) is 0.938. The second-order valence-corrected chi connectivity index (χ2v) is 6.66. The Morgan fingerprint density at radius 2 is 2.14 bits per heavy atom. The van der Waals surface area contributed by atoms with Gasteiger partial charge in [0, 0.05) is 25.7 Å². The SMILES string of the molecule is CNC(C)(CCCCN1CCN2CCCC2C1)C(=O)OC. The lowest BCUT2D eigenvalue weighted by Gasteiger charge is -2.37. The van der Waals surface area contributed by atoms with Crippen LogP contribution in [0.25, 0.3) is 0 Å². The molecule has 2 rings (SSSR count). The molecule has 2 fully saturated rings. The van der Waals surface area contributed by atoms with Gasteiger partial charge < -0.3 is 15.0 Å². The monoisotopic (exact) mass is 297 g/mol. The zero-order valence-corrected chi connectivity index (χ0v) is 13.9. The second kappa shape index (κ2) is 7.56. The van der Waals surface area contributed by atoms with Crippen molar-refractivity contribution in [3.8, 4) is 0 Å². The molecule has 0 aromatic rings. The predicted octanol–water partition coefficient (Wildman–Crippen LogP) is 1.09. The zero-order chi connectivity index (χ0) is 15.3. The highest BCUT2D eigenvalue weighted by atomic mass is 16.5. The smallest absolute Gasteiger partial charge is 0.325 e. The van der Waals surface area contributed by atoms with Gasteiger partial charge in [-0.1, -0.05) is 0 Å². The molecular formula is C16H31N3O2. The van der Waals surface area contributed by atoms with E-state index >= 15 is 0 Å². The molecule has 2 saturated heterocycles. The van der Waals surface area contributed by atoms with Crippen LogP contribution in [0.5, 0.6) is 0 Å². The van der Waals surface area contributed by atoms with Gasteiger partial charge in [0.1, 0.15) is 5.54 Å². The van der Waals surface area contributed by atoms with Crippen LogP contribution in [0.2, 0.25) is 0 Å². The van der Waals surface area contributed by atoms with Crippen LogP contribution in [-0.4, -0.2) is 74.2 Å². The van der Waals surface area contributed by atoms with E-state index in [9.17, 15) is 4.79 Å². The molecular weight excluding hydrogens is 266 g/mol. The molecule has 2 unspecified atom stereocenters. The van der Waals surface area contributed by atoms with Crippen molar-refractivity contribution >= 4 is 5.97 Å². The number of ether oxygens (including phenoxy) is 1. The van der Waals surface area contributed by atoms with Gasteiger partial charge in [-0.2, -0.15) is 0 Å². The van der Waals surface area contributed by atoms with Crippen LogP contribution < -0.4 is 5.32 Å². The van der Waals surface area contributed by atoms with E-state index in [-0.39, 0.29) is 5.97 Å². The molecule has 2 heterocycles. The maximum atomic E-state index is 11.8. The Morgan fingerprint density at radius 3 is 2.86 bits per heavy atom. The maximum absolute atomic E-state index is 11.8. The first-order chi connectivity index (χ1) is 10.1. The molecule has 2 aliphatic rings. The first kappa shape index (κ1) is 16.7. The highest BCUT2D eigenvalue weighted by Gasteiger charge is 2.32. The number of nitrogens with one attached hydrogen (secondary N) is 1. The summed E-state index contributed by atoms with van der Waals surface area (Å²) in [6.07, 6.45) is 5.78. The molecule has 0 aromatic heterocycles. The number of carbonyl (C=O) groups is 1. The van der Waals surface area contributed by atoms with E-state index in [1.807, 2.05) is 14.0 Å². The lowest BCUT2D eigenvalue weighted by molar-refractivity contribution is -0.148. The lowest BCUT2D eigenvalue weighted by atomic mass is 9.95. The summed E-state index contributed by atoms with van der Waals surface area (Å²) in [7, 11) is 3.29. The number of esters is 1. The molecule has 2 atom stereocenters. The van der Waals surface area contributed by atoms with Gasteiger partial charge in [-0.05, 0) is 59.2 Å². The third kappa shape index (κ3) is 4.18. The van der Waals surface area contributed by atoms with Crippen molar-refractivity contribution in [2.75, 3.05) is 46.9 Å². The van der Waals surface area contributed by atoms with Crippen LogP contribution in [-0.2, 0) is 9.53 Å².